The molecule has 2 aromatic rings. The summed E-state index contributed by atoms with van der Waals surface area (Å²) in [6.45, 7) is 23.7. The van der Waals surface area contributed by atoms with Gasteiger partial charge in [0.15, 0.2) is 5.82 Å². The highest BCUT2D eigenvalue weighted by Crippen LogP contribution is 2.18. The van der Waals surface area contributed by atoms with Crippen molar-refractivity contribution in [3.63, 3.8) is 0 Å². The van der Waals surface area contributed by atoms with Crippen molar-refractivity contribution in [3.8, 4) is 17.1 Å². The largest absolute Gasteiger partial charge is 0.491 e. The van der Waals surface area contributed by atoms with Gasteiger partial charge in [0.05, 0.1) is 324 Å². The van der Waals surface area contributed by atoms with E-state index in [0.29, 0.717) is 327 Å². The molecular formula is C64H111N5O29. The van der Waals surface area contributed by atoms with Gasteiger partial charge in [-0.15, -0.1) is 25.5 Å². The molecule has 34 heteroatoms. The molecule has 0 N–H and O–H groups in total. The third-order valence-corrected chi connectivity index (χ3v) is 12.4. The normalized spacial score (nSPS) is 12.5. The standard InChI is InChI=1S/C64H111N5O29/c1-58-65-67-64(68-66-58)59-2-4-60(5-3-59)97-57-56-96-55-54-95-53-52-94-51-50-93-49-48-92-47-46-91-45-44-90-43-42-89-41-40-88-39-38-87-37-36-86-35-34-85-33-32-84-31-30-83-29-28-82-27-26-81-25-24-80-23-22-79-21-20-78-19-18-77-17-16-76-15-14-75-13-12-74-11-10-73-9-8-63(72)98-69-61(70)6-7-62(69)71/h2-5H,6-57H2,1H3. The van der Waals surface area contributed by atoms with Gasteiger partial charge in [-0.3, -0.25) is 9.59 Å². The molecule has 1 fully saturated rings. The van der Waals surface area contributed by atoms with Crippen molar-refractivity contribution in [2.45, 2.75) is 26.2 Å². The van der Waals surface area contributed by atoms with Crippen LogP contribution in [0.2, 0.25) is 0 Å². The molecule has 0 atom stereocenters. The number of aryl methyl sites for hydroxylation is 1. The molecule has 1 aliphatic rings. The molecule has 0 spiro atoms. The van der Waals surface area contributed by atoms with E-state index in [-0.39, 0.29) is 32.5 Å². The van der Waals surface area contributed by atoms with Crippen molar-refractivity contribution in [3.05, 3.63) is 30.1 Å². The Morgan fingerprint density at radius 2 is 0.480 bits per heavy atom. The Morgan fingerprint density at radius 3 is 0.694 bits per heavy atom. The monoisotopic (exact) mass is 1410 g/mol. The first-order chi connectivity index (χ1) is 48.5. The summed E-state index contributed by atoms with van der Waals surface area (Å²) in [5.41, 5.74) is 0.814. The van der Waals surface area contributed by atoms with E-state index in [1.807, 2.05) is 24.3 Å². The number of aromatic nitrogens is 4. The van der Waals surface area contributed by atoms with E-state index in [2.05, 4.69) is 20.4 Å². The van der Waals surface area contributed by atoms with E-state index in [1.54, 1.807) is 6.92 Å². The predicted molar refractivity (Wildman–Crippen MR) is 345 cm³/mol. The summed E-state index contributed by atoms with van der Waals surface area (Å²) in [6, 6.07) is 7.41. The zero-order valence-electron chi connectivity index (χ0n) is 57.7. The quantitative estimate of drug-likeness (QED) is 0.0659. The number of imide groups is 1. The van der Waals surface area contributed by atoms with E-state index in [9.17, 15) is 14.4 Å². The Labute approximate surface area is 576 Å². The highest BCUT2D eigenvalue weighted by atomic mass is 16.7. The molecule has 2 heterocycles. The number of hydrogen-bond acceptors (Lipinski definition) is 33. The summed E-state index contributed by atoms with van der Waals surface area (Å²) >= 11 is 0. The van der Waals surface area contributed by atoms with Crippen LogP contribution in [-0.4, -0.2) is 367 Å². The Balaban J connectivity index is 0.839. The molecule has 1 aliphatic heterocycles. The van der Waals surface area contributed by atoms with Crippen molar-refractivity contribution in [2.75, 3.05) is 324 Å². The second-order valence-electron chi connectivity index (χ2n) is 20.1. The number of nitrogens with zero attached hydrogens (tertiary/aromatic N) is 5. The zero-order chi connectivity index (χ0) is 69.4. The lowest BCUT2D eigenvalue weighted by molar-refractivity contribution is -0.198. The maximum absolute atomic E-state index is 11.7. The maximum Gasteiger partial charge on any atom is 0.335 e. The predicted octanol–water partition coefficient (Wildman–Crippen LogP) is 1.02. The third kappa shape index (κ3) is 57.3. The maximum atomic E-state index is 11.7. The summed E-state index contributed by atoms with van der Waals surface area (Å²) < 4.78 is 138. The van der Waals surface area contributed by atoms with Crippen LogP contribution in [-0.2, 0) is 133 Å². The zero-order valence-corrected chi connectivity index (χ0v) is 57.7. The van der Waals surface area contributed by atoms with Crippen LogP contribution in [0, 0.1) is 6.92 Å². The first-order valence-electron chi connectivity index (χ1n) is 33.7. The van der Waals surface area contributed by atoms with E-state index < -0.39 is 17.8 Å². The second kappa shape index (κ2) is 69.7. The fourth-order valence-electron chi connectivity index (χ4n) is 7.43. The van der Waals surface area contributed by atoms with Crippen molar-refractivity contribution in [1.29, 1.82) is 0 Å². The highest BCUT2D eigenvalue weighted by Gasteiger charge is 2.32. The molecule has 3 rings (SSSR count). The fourth-order valence-corrected chi connectivity index (χ4v) is 7.43. The van der Waals surface area contributed by atoms with Gasteiger partial charge in [0.2, 0.25) is 5.82 Å². The molecule has 0 bridgehead atoms. The van der Waals surface area contributed by atoms with E-state index in [1.165, 1.54) is 0 Å². The van der Waals surface area contributed by atoms with Crippen LogP contribution in [0.4, 0.5) is 0 Å². The number of carbonyl (C=O) groups excluding carboxylic acids is 3. The highest BCUT2D eigenvalue weighted by molar-refractivity contribution is 6.01. The summed E-state index contributed by atoms with van der Waals surface area (Å²) in [5.74, 6) is -0.0262. The SMILES string of the molecule is Cc1nnc(-c2ccc(OCCOCCOCCOCCOCCOCCOCCOCCOCCOCCOCCOCCOCCOCCOCCOCCOCCOCCOCCOCCOCCOCCOCCOCCOCCC(=O)ON3C(=O)CCC3=O)cc2)nn1. The molecule has 0 aliphatic carbocycles. The number of amides is 2. The Bertz CT molecular complexity index is 2060. The van der Waals surface area contributed by atoms with E-state index >= 15 is 0 Å². The summed E-state index contributed by atoms with van der Waals surface area (Å²) in [7, 11) is 0. The van der Waals surface area contributed by atoms with Gasteiger partial charge in [0, 0.05) is 18.4 Å². The minimum absolute atomic E-state index is 0.0510. The summed E-state index contributed by atoms with van der Waals surface area (Å²) in [6.07, 6.45) is 0.0187. The minimum Gasteiger partial charge on any atom is -0.491 e. The van der Waals surface area contributed by atoms with Gasteiger partial charge in [0.25, 0.3) is 11.8 Å². The van der Waals surface area contributed by atoms with Crippen LogP contribution < -0.4 is 4.74 Å². The summed E-state index contributed by atoms with van der Waals surface area (Å²) in [4.78, 5) is 39.4. The first-order valence-corrected chi connectivity index (χ1v) is 33.7. The molecule has 1 aromatic carbocycles. The third-order valence-electron chi connectivity index (χ3n) is 12.4. The van der Waals surface area contributed by atoms with Gasteiger partial charge in [-0.05, 0) is 31.2 Å². The number of hydroxylamine groups is 2. The van der Waals surface area contributed by atoms with Crippen molar-refractivity contribution >= 4 is 17.8 Å². The molecule has 34 nitrogen and oxygen atoms in total. The molecule has 0 saturated carbocycles. The smallest absolute Gasteiger partial charge is 0.335 e. The Morgan fingerprint density at radius 1 is 0.286 bits per heavy atom. The number of hydrogen-bond donors (Lipinski definition) is 0. The number of rotatable bonds is 78. The van der Waals surface area contributed by atoms with Crippen molar-refractivity contribution in [1.82, 2.24) is 25.5 Å². The van der Waals surface area contributed by atoms with Crippen LogP contribution in [0.3, 0.4) is 0 Å². The van der Waals surface area contributed by atoms with Crippen molar-refractivity contribution in [2.24, 2.45) is 0 Å². The van der Waals surface area contributed by atoms with Gasteiger partial charge in [-0.1, -0.05) is 0 Å². The molecule has 566 valence electrons. The van der Waals surface area contributed by atoms with Crippen LogP contribution in [0.5, 0.6) is 5.75 Å². The van der Waals surface area contributed by atoms with Crippen LogP contribution in [0.25, 0.3) is 11.4 Å². The minimum atomic E-state index is -0.706. The molecule has 98 heavy (non-hydrogen) atoms. The lowest BCUT2D eigenvalue weighted by Gasteiger charge is -2.12. The van der Waals surface area contributed by atoms with Crippen LogP contribution >= 0.6 is 0 Å². The van der Waals surface area contributed by atoms with Gasteiger partial charge in [0.1, 0.15) is 12.4 Å². The van der Waals surface area contributed by atoms with Gasteiger partial charge in [-0.2, -0.15) is 0 Å². The molecule has 0 radical (unpaired) electrons. The van der Waals surface area contributed by atoms with Gasteiger partial charge < -0.3 is 123 Å². The number of benzene rings is 1. The van der Waals surface area contributed by atoms with E-state index in [4.69, 9.17) is 123 Å². The number of carbonyl (C=O) groups is 3. The first kappa shape index (κ1) is 87.8. The van der Waals surface area contributed by atoms with Crippen LogP contribution in [0.15, 0.2) is 24.3 Å². The average molecular weight is 1410 g/mol. The summed E-state index contributed by atoms with van der Waals surface area (Å²) in [5, 5.41) is 16.4. The molecule has 1 saturated heterocycles. The van der Waals surface area contributed by atoms with Gasteiger partial charge in [-0.25, -0.2) is 4.79 Å². The Kier molecular flexibility index (Phi) is 62.5. The van der Waals surface area contributed by atoms with Crippen LogP contribution in [0.1, 0.15) is 25.1 Å². The average Bonchev–Trinajstić information content (AvgIpc) is 2.15. The molecule has 1 aromatic heterocycles. The topological polar surface area (TPSA) is 346 Å². The molecular weight excluding hydrogens is 1300 g/mol. The van der Waals surface area contributed by atoms with Crippen molar-refractivity contribution < 1.29 is 138 Å². The number of ether oxygens (including phenoxy) is 25. The molecule has 2 amide bonds. The second-order valence-corrected chi connectivity index (χ2v) is 20.1. The molecule has 0 unspecified atom stereocenters. The Hall–Kier alpha value is -4.39. The lowest BCUT2D eigenvalue weighted by Crippen LogP contribution is -2.32. The fraction of sp³-hybridized carbons (Fsp3) is 0.828. The van der Waals surface area contributed by atoms with E-state index in [0.717, 1.165) is 11.3 Å². The lowest BCUT2D eigenvalue weighted by atomic mass is 10.2. The van der Waals surface area contributed by atoms with Gasteiger partial charge >= 0.3 is 5.97 Å².